The summed E-state index contributed by atoms with van der Waals surface area (Å²) in [6.07, 6.45) is 0.816. The molecule has 1 aromatic carbocycles. The molecular formula is C21H21N7O2S. The van der Waals surface area contributed by atoms with Gasteiger partial charge in [0.2, 0.25) is 5.95 Å². The summed E-state index contributed by atoms with van der Waals surface area (Å²) >= 11 is 1.69. The van der Waals surface area contributed by atoms with Gasteiger partial charge in [-0.25, -0.2) is 9.55 Å². The van der Waals surface area contributed by atoms with E-state index in [0.717, 1.165) is 30.2 Å². The topological polar surface area (TPSA) is 111 Å². The van der Waals surface area contributed by atoms with Crippen molar-refractivity contribution in [2.75, 3.05) is 30.9 Å². The Labute approximate surface area is 182 Å². The van der Waals surface area contributed by atoms with Crippen molar-refractivity contribution in [1.29, 1.82) is 0 Å². The molecule has 1 aliphatic rings. The van der Waals surface area contributed by atoms with Crippen LogP contribution in [-0.2, 0) is 13.0 Å². The van der Waals surface area contributed by atoms with Gasteiger partial charge in [0, 0.05) is 24.9 Å². The molecule has 4 heterocycles. The predicted molar refractivity (Wildman–Crippen MR) is 120 cm³/mol. The van der Waals surface area contributed by atoms with Crippen LogP contribution in [-0.4, -0.2) is 46.1 Å². The average Bonchev–Trinajstić information content (AvgIpc) is 3.50. The minimum atomic E-state index is -0.548. The molecule has 0 atom stereocenters. The number of likely N-dealkylation sites (N-methyl/N-ethyl adjacent to an activating group) is 1. The maximum atomic E-state index is 11.9. The molecule has 4 aromatic rings. The van der Waals surface area contributed by atoms with E-state index < -0.39 is 5.91 Å². The highest BCUT2D eigenvalue weighted by molar-refractivity contribution is 7.09. The summed E-state index contributed by atoms with van der Waals surface area (Å²) in [5, 5.41) is 5.52. The fourth-order valence-electron chi connectivity index (χ4n) is 3.86. The number of hydrogen-bond acceptors (Lipinski definition) is 8. The summed E-state index contributed by atoms with van der Waals surface area (Å²) in [6, 6.07) is 9.66. The third-order valence-electron chi connectivity index (χ3n) is 5.32. The van der Waals surface area contributed by atoms with Crippen LogP contribution in [0.5, 0.6) is 6.01 Å². The summed E-state index contributed by atoms with van der Waals surface area (Å²) in [7, 11) is 3.57. The van der Waals surface area contributed by atoms with E-state index in [1.807, 2.05) is 19.2 Å². The second-order valence-corrected chi connectivity index (χ2v) is 8.28. The van der Waals surface area contributed by atoms with Crippen molar-refractivity contribution in [3.8, 4) is 12.0 Å². The Morgan fingerprint density at radius 3 is 2.87 bits per heavy atom. The molecule has 10 heteroatoms. The van der Waals surface area contributed by atoms with Crippen molar-refractivity contribution in [3.05, 3.63) is 51.8 Å². The zero-order valence-corrected chi connectivity index (χ0v) is 17.9. The number of benzene rings is 1. The fraction of sp³-hybridized carbons (Fsp3) is 0.238. The first-order valence-electron chi connectivity index (χ1n) is 9.80. The van der Waals surface area contributed by atoms with E-state index in [9.17, 15) is 4.79 Å². The minimum absolute atomic E-state index is 0.291. The summed E-state index contributed by atoms with van der Waals surface area (Å²) in [5.41, 5.74) is 8.94. The van der Waals surface area contributed by atoms with Gasteiger partial charge >= 0.3 is 6.01 Å². The lowest BCUT2D eigenvalue weighted by Gasteiger charge is -2.18. The number of para-hydroxylation sites is 1. The smallest absolute Gasteiger partial charge is 0.304 e. The number of hydrogen-bond donors (Lipinski definition) is 2. The van der Waals surface area contributed by atoms with Crippen LogP contribution >= 0.6 is 11.3 Å². The Balaban J connectivity index is 1.67. The van der Waals surface area contributed by atoms with Crippen molar-refractivity contribution in [1.82, 2.24) is 19.5 Å². The van der Waals surface area contributed by atoms with Crippen LogP contribution in [0.15, 0.2) is 35.7 Å². The number of imidazole rings is 1. The molecule has 9 nitrogen and oxygen atoms in total. The number of nitrogens with one attached hydrogen (secondary N) is 1. The molecule has 0 radical (unpaired) electrons. The maximum absolute atomic E-state index is 11.9. The number of thiophene rings is 1. The summed E-state index contributed by atoms with van der Waals surface area (Å²) < 4.78 is 7.23. The SMILES string of the molecule is COc1nc2c(C(N)=O)cccc2n1-c1nc2c(c(NCc3cccs3)n1)N(C)CC2. The number of nitrogens with zero attached hydrogens (tertiary/aromatic N) is 5. The maximum Gasteiger partial charge on any atom is 0.304 e. The molecule has 0 fully saturated rings. The van der Waals surface area contributed by atoms with Crippen LogP contribution in [0.25, 0.3) is 17.0 Å². The van der Waals surface area contributed by atoms with Gasteiger partial charge in [-0.3, -0.25) is 4.79 Å². The van der Waals surface area contributed by atoms with Crippen LogP contribution in [0.3, 0.4) is 0 Å². The zero-order valence-electron chi connectivity index (χ0n) is 17.1. The molecule has 0 saturated carbocycles. The lowest BCUT2D eigenvalue weighted by atomic mass is 10.2. The molecule has 31 heavy (non-hydrogen) atoms. The number of aromatic nitrogens is 4. The molecular weight excluding hydrogens is 414 g/mol. The van der Waals surface area contributed by atoms with Gasteiger partial charge in [-0.1, -0.05) is 12.1 Å². The van der Waals surface area contributed by atoms with Crippen molar-refractivity contribution < 1.29 is 9.53 Å². The van der Waals surface area contributed by atoms with Gasteiger partial charge in [-0.15, -0.1) is 11.3 Å². The molecule has 0 bridgehead atoms. The number of fused-ring (bicyclic) bond motifs is 2. The zero-order chi connectivity index (χ0) is 21.5. The predicted octanol–water partition coefficient (Wildman–Crippen LogP) is 2.59. The first kappa shape index (κ1) is 19.3. The van der Waals surface area contributed by atoms with Gasteiger partial charge in [0.1, 0.15) is 11.2 Å². The van der Waals surface area contributed by atoms with E-state index in [1.165, 1.54) is 12.0 Å². The first-order valence-corrected chi connectivity index (χ1v) is 10.7. The van der Waals surface area contributed by atoms with Crippen LogP contribution in [0.2, 0.25) is 0 Å². The molecule has 3 aromatic heterocycles. The van der Waals surface area contributed by atoms with Gasteiger partial charge in [-0.05, 0) is 23.6 Å². The summed E-state index contributed by atoms with van der Waals surface area (Å²) in [4.78, 5) is 29.4. The van der Waals surface area contributed by atoms with Crippen LogP contribution in [0, 0.1) is 0 Å². The standard InChI is InChI=1S/C21H21N7O2S/c1-27-9-8-14-17(27)19(23-11-12-5-4-10-31-12)26-20(24-14)28-15-7-3-6-13(18(22)29)16(15)25-21(28)30-2/h3-7,10H,8-9,11H2,1-2H3,(H2,22,29)(H,23,24,26). The van der Waals surface area contributed by atoms with E-state index in [-0.39, 0.29) is 0 Å². The Morgan fingerprint density at radius 1 is 1.26 bits per heavy atom. The third kappa shape index (κ3) is 3.25. The van der Waals surface area contributed by atoms with Crippen molar-refractivity contribution in [3.63, 3.8) is 0 Å². The van der Waals surface area contributed by atoms with E-state index in [2.05, 4.69) is 26.6 Å². The first-order chi connectivity index (χ1) is 15.1. The summed E-state index contributed by atoms with van der Waals surface area (Å²) in [6.45, 7) is 1.54. The quantitative estimate of drug-likeness (QED) is 0.479. The number of carbonyl (C=O) groups excluding carboxylic acids is 1. The van der Waals surface area contributed by atoms with Gasteiger partial charge in [-0.2, -0.15) is 9.97 Å². The van der Waals surface area contributed by atoms with E-state index in [0.29, 0.717) is 35.1 Å². The normalized spacial score (nSPS) is 12.9. The average molecular weight is 436 g/mol. The molecule has 0 saturated heterocycles. The lowest BCUT2D eigenvalue weighted by molar-refractivity contribution is 0.100. The largest absolute Gasteiger partial charge is 0.468 e. The van der Waals surface area contributed by atoms with Crippen LogP contribution < -0.4 is 20.7 Å². The number of carbonyl (C=O) groups is 1. The van der Waals surface area contributed by atoms with Gasteiger partial charge in [0.25, 0.3) is 5.91 Å². The number of nitrogens with two attached hydrogens (primary N) is 1. The second kappa shape index (κ2) is 7.55. The van der Waals surface area contributed by atoms with Crippen molar-refractivity contribution in [2.24, 2.45) is 5.73 Å². The second-order valence-electron chi connectivity index (χ2n) is 7.24. The van der Waals surface area contributed by atoms with Crippen LogP contribution in [0.4, 0.5) is 11.5 Å². The third-order valence-corrected chi connectivity index (χ3v) is 6.20. The monoisotopic (exact) mass is 435 g/mol. The lowest BCUT2D eigenvalue weighted by Crippen LogP contribution is -2.16. The Kier molecular flexibility index (Phi) is 4.70. The fourth-order valence-corrected chi connectivity index (χ4v) is 4.51. The van der Waals surface area contributed by atoms with E-state index in [1.54, 1.807) is 28.0 Å². The molecule has 5 rings (SSSR count). The Hall–Kier alpha value is -3.66. The number of primary amides is 1. The number of amides is 1. The molecule has 1 aliphatic heterocycles. The van der Waals surface area contributed by atoms with Gasteiger partial charge < -0.3 is 20.7 Å². The number of methoxy groups -OCH3 is 1. The Bertz CT molecular complexity index is 1280. The van der Waals surface area contributed by atoms with Crippen molar-refractivity contribution >= 4 is 39.8 Å². The minimum Gasteiger partial charge on any atom is -0.468 e. The van der Waals surface area contributed by atoms with Crippen LogP contribution in [0.1, 0.15) is 20.9 Å². The highest BCUT2D eigenvalue weighted by Gasteiger charge is 2.26. The molecule has 158 valence electrons. The highest BCUT2D eigenvalue weighted by Crippen LogP contribution is 2.35. The molecule has 0 spiro atoms. The van der Waals surface area contributed by atoms with Gasteiger partial charge in [0.15, 0.2) is 5.82 Å². The molecule has 0 unspecified atom stereocenters. The highest BCUT2D eigenvalue weighted by atomic mass is 32.1. The summed E-state index contributed by atoms with van der Waals surface area (Å²) in [5.74, 6) is 0.639. The Morgan fingerprint density at radius 2 is 2.13 bits per heavy atom. The van der Waals surface area contributed by atoms with E-state index in [4.69, 9.17) is 20.4 Å². The number of rotatable bonds is 6. The molecule has 1 amide bonds. The van der Waals surface area contributed by atoms with E-state index >= 15 is 0 Å². The number of ether oxygens (including phenoxy) is 1. The van der Waals surface area contributed by atoms with Gasteiger partial charge in [0.05, 0.1) is 30.4 Å². The van der Waals surface area contributed by atoms with Crippen molar-refractivity contribution in [2.45, 2.75) is 13.0 Å². The molecule has 3 N–H and O–H groups in total. The number of anilines is 2. The molecule has 0 aliphatic carbocycles.